The zero-order valence-corrected chi connectivity index (χ0v) is 19.1. The van der Waals surface area contributed by atoms with Gasteiger partial charge in [-0.1, -0.05) is 41.9 Å². The Morgan fingerprint density at radius 3 is 2.33 bits per heavy atom. The molecule has 12 heteroatoms. The Morgan fingerprint density at radius 2 is 1.69 bits per heavy atom. The van der Waals surface area contributed by atoms with E-state index in [1.165, 1.54) is 30.7 Å². The molecule has 4 rings (SSSR count). The molecule has 184 valence electrons. The molecule has 0 saturated carbocycles. The molecule has 0 aliphatic rings. The van der Waals surface area contributed by atoms with Crippen molar-refractivity contribution in [3.63, 3.8) is 0 Å². The number of carbonyl (C=O) groups excluding carboxylic acids is 1. The molecule has 0 bridgehead atoms. The van der Waals surface area contributed by atoms with Crippen LogP contribution in [0.2, 0.25) is 5.02 Å². The number of anilines is 1. The Balaban J connectivity index is 1.91. The molecule has 4 aromatic rings. The van der Waals surface area contributed by atoms with Crippen LogP contribution in [0.15, 0.2) is 79.3 Å². The highest BCUT2D eigenvalue weighted by atomic mass is 35.5. The Morgan fingerprint density at radius 1 is 0.944 bits per heavy atom. The third kappa shape index (κ3) is 5.74. The molecule has 0 aliphatic heterocycles. The highest BCUT2D eigenvalue weighted by Gasteiger charge is 2.41. The molecule has 2 amide bonds. The van der Waals surface area contributed by atoms with Crippen LogP contribution in [0.25, 0.3) is 0 Å². The Labute approximate surface area is 207 Å². The number of rotatable bonds is 6. The summed E-state index contributed by atoms with van der Waals surface area (Å²) in [6.45, 7) is 0. The molecule has 0 unspecified atom stereocenters. The number of nitrogens with one attached hydrogen (secondary N) is 2. The first-order valence-electron chi connectivity index (χ1n) is 10.4. The average Bonchev–Trinajstić information content (AvgIpc) is 2.84. The third-order valence-corrected chi connectivity index (χ3v) is 5.45. The van der Waals surface area contributed by atoms with Gasteiger partial charge >= 0.3 is 12.2 Å². The van der Waals surface area contributed by atoms with E-state index in [0.29, 0.717) is 11.6 Å². The lowest BCUT2D eigenvalue weighted by atomic mass is 9.80. The molecular weight excluding hydrogens is 500 g/mol. The SMILES string of the molecule is O=C(Nc1nccnn1)N[C@](Cc1ccccc1)(c1cc(F)cc(C(F)(F)F)c1)c1ccc(Cl)cn1. The third-order valence-electron chi connectivity index (χ3n) is 5.23. The van der Waals surface area contributed by atoms with Gasteiger partial charge in [0.25, 0.3) is 5.95 Å². The fraction of sp³-hybridized carbons (Fsp3) is 0.125. The van der Waals surface area contributed by atoms with Crippen LogP contribution in [0, 0.1) is 5.82 Å². The van der Waals surface area contributed by atoms with Gasteiger partial charge in [-0.15, -0.1) is 5.10 Å². The minimum atomic E-state index is -4.84. The predicted octanol–water partition coefficient (Wildman–Crippen LogP) is 5.39. The summed E-state index contributed by atoms with van der Waals surface area (Å²) >= 11 is 6.00. The highest BCUT2D eigenvalue weighted by Crippen LogP contribution is 2.38. The van der Waals surface area contributed by atoms with Crippen LogP contribution in [0.3, 0.4) is 0 Å². The number of urea groups is 1. The van der Waals surface area contributed by atoms with Gasteiger partial charge in [-0.25, -0.2) is 14.2 Å². The molecule has 2 aromatic carbocycles. The number of nitrogens with zero attached hydrogens (tertiary/aromatic N) is 4. The van der Waals surface area contributed by atoms with Crippen molar-refractivity contribution in [1.82, 2.24) is 25.5 Å². The van der Waals surface area contributed by atoms with Crippen molar-refractivity contribution in [3.05, 3.63) is 112 Å². The lowest BCUT2D eigenvalue weighted by Gasteiger charge is -2.35. The van der Waals surface area contributed by atoms with Crippen molar-refractivity contribution < 1.29 is 22.4 Å². The maximum atomic E-state index is 14.6. The predicted molar refractivity (Wildman–Crippen MR) is 124 cm³/mol. The molecule has 2 heterocycles. The first-order chi connectivity index (χ1) is 17.2. The van der Waals surface area contributed by atoms with Crippen LogP contribution in [-0.2, 0) is 18.1 Å². The number of amides is 2. The summed E-state index contributed by atoms with van der Waals surface area (Å²) in [6.07, 6.45) is -1.04. The maximum Gasteiger partial charge on any atom is 0.416 e. The quantitative estimate of drug-likeness (QED) is 0.335. The molecule has 0 radical (unpaired) electrons. The van der Waals surface area contributed by atoms with Gasteiger partial charge in [0.05, 0.1) is 28.7 Å². The van der Waals surface area contributed by atoms with E-state index >= 15 is 0 Å². The van der Waals surface area contributed by atoms with E-state index in [1.807, 2.05) is 0 Å². The number of hydrogen-bond donors (Lipinski definition) is 2. The molecule has 2 N–H and O–H groups in total. The monoisotopic (exact) mass is 516 g/mol. The van der Waals surface area contributed by atoms with Crippen molar-refractivity contribution in [3.8, 4) is 0 Å². The van der Waals surface area contributed by atoms with E-state index in [0.717, 1.165) is 12.1 Å². The second-order valence-corrected chi connectivity index (χ2v) is 8.14. The summed E-state index contributed by atoms with van der Waals surface area (Å²) < 4.78 is 55.5. The van der Waals surface area contributed by atoms with Gasteiger partial charge in [-0.05, 0) is 41.5 Å². The molecule has 0 fully saturated rings. The number of carbonyl (C=O) groups is 1. The molecule has 2 aromatic heterocycles. The van der Waals surface area contributed by atoms with Crippen LogP contribution in [0.4, 0.5) is 28.3 Å². The van der Waals surface area contributed by atoms with Crippen molar-refractivity contribution in [2.45, 2.75) is 18.1 Å². The molecule has 0 saturated heterocycles. The van der Waals surface area contributed by atoms with Gasteiger partial charge in [0.1, 0.15) is 11.4 Å². The van der Waals surface area contributed by atoms with Crippen LogP contribution in [0.1, 0.15) is 22.4 Å². The summed E-state index contributed by atoms with van der Waals surface area (Å²) in [7, 11) is 0. The van der Waals surface area contributed by atoms with E-state index in [9.17, 15) is 22.4 Å². The summed E-state index contributed by atoms with van der Waals surface area (Å²) in [5, 5.41) is 12.6. The van der Waals surface area contributed by atoms with Gasteiger partial charge in [0.2, 0.25) is 0 Å². The van der Waals surface area contributed by atoms with Crippen molar-refractivity contribution >= 4 is 23.6 Å². The number of benzene rings is 2. The van der Waals surface area contributed by atoms with E-state index in [2.05, 4.69) is 30.8 Å². The summed E-state index contributed by atoms with van der Waals surface area (Å²) in [6, 6.07) is 12.8. The van der Waals surface area contributed by atoms with Crippen LogP contribution < -0.4 is 10.6 Å². The Kier molecular flexibility index (Phi) is 7.11. The first kappa shape index (κ1) is 25.0. The standard InChI is InChI=1S/C24H17ClF4N6O/c25-18-6-7-20(31-14-18)23(13-15-4-2-1-3-5-15,34-22(36)33-21-30-8-9-32-35-21)16-10-17(24(27,28)29)12-19(26)11-16/h1-12,14H,13H2,(H2,30,33,34,35,36)/t23-/m1/s1. The van der Waals surface area contributed by atoms with E-state index in [4.69, 9.17) is 11.6 Å². The number of hydrogen-bond acceptors (Lipinski definition) is 5. The second-order valence-electron chi connectivity index (χ2n) is 7.70. The van der Waals surface area contributed by atoms with Gasteiger partial charge in [0, 0.05) is 12.6 Å². The van der Waals surface area contributed by atoms with Gasteiger partial charge in [0.15, 0.2) is 0 Å². The molecule has 1 atom stereocenters. The summed E-state index contributed by atoms with van der Waals surface area (Å²) in [5.74, 6) is -1.29. The number of alkyl halides is 3. The van der Waals surface area contributed by atoms with E-state index in [-0.39, 0.29) is 28.6 Å². The number of halogens is 5. The van der Waals surface area contributed by atoms with Crippen LogP contribution in [-0.4, -0.2) is 26.2 Å². The minimum absolute atomic E-state index is 0.0788. The zero-order chi connectivity index (χ0) is 25.8. The van der Waals surface area contributed by atoms with Gasteiger partial charge in [-0.2, -0.15) is 18.3 Å². The van der Waals surface area contributed by atoms with Crippen molar-refractivity contribution in [1.29, 1.82) is 0 Å². The zero-order valence-electron chi connectivity index (χ0n) is 18.3. The molecule has 0 aliphatic carbocycles. The Hall–Kier alpha value is -4.12. The van der Waals surface area contributed by atoms with Crippen LogP contribution >= 0.6 is 11.6 Å². The lowest BCUT2D eigenvalue weighted by molar-refractivity contribution is -0.137. The summed E-state index contributed by atoms with van der Waals surface area (Å²) in [4.78, 5) is 21.2. The largest absolute Gasteiger partial charge is 0.416 e. The fourth-order valence-electron chi connectivity index (χ4n) is 3.68. The topological polar surface area (TPSA) is 92.7 Å². The van der Waals surface area contributed by atoms with E-state index < -0.39 is 29.1 Å². The minimum Gasteiger partial charge on any atom is -0.322 e. The lowest BCUT2D eigenvalue weighted by Crippen LogP contribution is -2.51. The second kappa shape index (κ2) is 10.2. The van der Waals surface area contributed by atoms with Gasteiger partial charge < -0.3 is 5.32 Å². The molecule has 0 spiro atoms. The number of aromatic nitrogens is 4. The van der Waals surface area contributed by atoms with Crippen LogP contribution in [0.5, 0.6) is 0 Å². The molecule has 7 nitrogen and oxygen atoms in total. The maximum absolute atomic E-state index is 14.6. The molecule has 36 heavy (non-hydrogen) atoms. The molecular formula is C24H17ClF4N6O. The highest BCUT2D eigenvalue weighted by molar-refractivity contribution is 6.30. The first-order valence-corrected chi connectivity index (χ1v) is 10.8. The van der Waals surface area contributed by atoms with Crippen molar-refractivity contribution in [2.75, 3.05) is 5.32 Å². The average molecular weight is 517 g/mol. The smallest absolute Gasteiger partial charge is 0.322 e. The summed E-state index contributed by atoms with van der Waals surface area (Å²) in [5.41, 5.74) is -2.42. The number of pyridine rings is 1. The van der Waals surface area contributed by atoms with Gasteiger partial charge in [-0.3, -0.25) is 10.3 Å². The van der Waals surface area contributed by atoms with E-state index in [1.54, 1.807) is 30.3 Å². The fourth-order valence-corrected chi connectivity index (χ4v) is 3.79. The Bertz CT molecular complexity index is 1340. The normalized spacial score (nSPS) is 13.0. The van der Waals surface area contributed by atoms with Crippen molar-refractivity contribution in [2.24, 2.45) is 0 Å².